The summed E-state index contributed by atoms with van der Waals surface area (Å²) in [4.78, 5) is 2.59. The third-order valence-corrected chi connectivity index (χ3v) is 4.67. The summed E-state index contributed by atoms with van der Waals surface area (Å²) >= 11 is 0. The summed E-state index contributed by atoms with van der Waals surface area (Å²) < 4.78 is 5.43. The number of hydrogen-bond donors (Lipinski definition) is 1. The maximum absolute atomic E-state index is 9.74. The minimum atomic E-state index is 0.101. The molecule has 2 aliphatic rings. The fourth-order valence-electron chi connectivity index (χ4n) is 3.20. The van der Waals surface area contributed by atoms with Gasteiger partial charge in [-0.1, -0.05) is 6.92 Å². The van der Waals surface area contributed by atoms with E-state index in [4.69, 9.17) is 4.74 Å². The summed E-state index contributed by atoms with van der Waals surface area (Å²) in [5.74, 6) is 0.807. The summed E-state index contributed by atoms with van der Waals surface area (Å²) in [6.07, 6.45) is 4.69. The van der Waals surface area contributed by atoms with Crippen molar-refractivity contribution in [3.8, 4) is 0 Å². The zero-order chi connectivity index (χ0) is 12.3. The molecule has 2 fully saturated rings. The van der Waals surface area contributed by atoms with Gasteiger partial charge >= 0.3 is 0 Å². The van der Waals surface area contributed by atoms with Gasteiger partial charge in [-0.2, -0.15) is 0 Å². The van der Waals surface area contributed by atoms with Crippen molar-refractivity contribution in [1.82, 2.24) is 4.90 Å². The first kappa shape index (κ1) is 13.3. The smallest absolute Gasteiger partial charge is 0.0501 e. The Labute approximate surface area is 105 Å². The SMILES string of the molecule is CC1CCC(C)N(CC2(CO)CCOCC2)C1. The third kappa shape index (κ3) is 3.21. The molecule has 0 aromatic carbocycles. The monoisotopic (exact) mass is 241 g/mol. The van der Waals surface area contributed by atoms with Gasteiger partial charge in [0.15, 0.2) is 0 Å². The van der Waals surface area contributed by atoms with E-state index in [1.54, 1.807) is 0 Å². The number of aliphatic hydroxyl groups is 1. The molecule has 2 saturated heterocycles. The van der Waals surface area contributed by atoms with Gasteiger partial charge < -0.3 is 9.84 Å². The topological polar surface area (TPSA) is 32.7 Å². The van der Waals surface area contributed by atoms with Gasteiger partial charge in [0, 0.05) is 37.8 Å². The lowest BCUT2D eigenvalue weighted by Crippen LogP contribution is -2.50. The molecule has 2 heterocycles. The zero-order valence-electron chi connectivity index (χ0n) is 11.3. The van der Waals surface area contributed by atoms with Gasteiger partial charge in [-0.3, -0.25) is 4.90 Å². The van der Waals surface area contributed by atoms with Crippen LogP contribution in [-0.4, -0.2) is 49.0 Å². The predicted molar refractivity (Wildman–Crippen MR) is 69.0 cm³/mol. The quantitative estimate of drug-likeness (QED) is 0.819. The molecule has 0 radical (unpaired) electrons. The normalized spacial score (nSPS) is 34.8. The molecule has 3 heteroatoms. The molecule has 2 aliphatic heterocycles. The fourth-order valence-corrected chi connectivity index (χ4v) is 3.20. The molecule has 0 bridgehead atoms. The fraction of sp³-hybridized carbons (Fsp3) is 1.00. The Kier molecular flexibility index (Phi) is 4.45. The largest absolute Gasteiger partial charge is 0.396 e. The van der Waals surface area contributed by atoms with Gasteiger partial charge in [-0.25, -0.2) is 0 Å². The number of aliphatic hydroxyl groups excluding tert-OH is 1. The average Bonchev–Trinajstić information content (AvgIpc) is 2.35. The van der Waals surface area contributed by atoms with Crippen molar-refractivity contribution in [2.45, 2.75) is 45.6 Å². The summed E-state index contributed by atoms with van der Waals surface area (Å²) in [6, 6.07) is 0.678. The molecule has 0 aliphatic carbocycles. The lowest BCUT2D eigenvalue weighted by molar-refractivity contribution is -0.0472. The van der Waals surface area contributed by atoms with Crippen molar-refractivity contribution in [3.05, 3.63) is 0 Å². The number of rotatable bonds is 3. The van der Waals surface area contributed by atoms with E-state index in [0.717, 1.165) is 38.5 Å². The summed E-state index contributed by atoms with van der Waals surface area (Å²) in [5.41, 5.74) is 0.101. The van der Waals surface area contributed by atoms with Gasteiger partial charge in [0.1, 0.15) is 0 Å². The van der Waals surface area contributed by atoms with Crippen LogP contribution in [0.4, 0.5) is 0 Å². The molecule has 2 unspecified atom stereocenters. The second kappa shape index (κ2) is 5.68. The van der Waals surface area contributed by atoms with Crippen LogP contribution in [0.2, 0.25) is 0 Å². The van der Waals surface area contributed by atoms with Crippen molar-refractivity contribution in [2.75, 3.05) is 32.9 Å². The van der Waals surface area contributed by atoms with E-state index in [-0.39, 0.29) is 5.41 Å². The van der Waals surface area contributed by atoms with Crippen LogP contribution in [0, 0.1) is 11.3 Å². The van der Waals surface area contributed by atoms with Crippen molar-refractivity contribution < 1.29 is 9.84 Å². The van der Waals surface area contributed by atoms with E-state index in [9.17, 15) is 5.11 Å². The second-order valence-electron chi connectivity index (χ2n) is 6.23. The summed E-state index contributed by atoms with van der Waals surface area (Å²) in [6.45, 7) is 8.87. The van der Waals surface area contributed by atoms with Crippen LogP contribution in [-0.2, 0) is 4.74 Å². The van der Waals surface area contributed by atoms with Gasteiger partial charge in [0.05, 0.1) is 6.61 Å². The van der Waals surface area contributed by atoms with Gasteiger partial charge in [0.2, 0.25) is 0 Å². The Morgan fingerprint density at radius 3 is 2.59 bits per heavy atom. The third-order valence-electron chi connectivity index (χ3n) is 4.67. The number of likely N-dealkylation sites (tertiary alicyclic amines) is 1. The average molecular weight is 241 g/mol. The highest BCUT2D eigenvalue weighted by Gasteiger charge is 2.36. The van der Waals surface area contributed by atoms with E-state index in [0.29, 0.717) is 12.6 Å². The summed E-state index contributed by atoms with van der Waals surface area (Å²) in [5, 5.41) is 9.74. The first-order chi connectivity index (χ1) is 8.15. The molecule has 0 aromatic heterocycles. The Morgan fingerprint density at radius 2 is 1.94 bits per heavy atom. The molecule has 100 valence electrons. The maximum Gasteiger partial charge on any atom is 0.0501 e. The van der Waals surface area contributed by atoms with E-state index in [1.165, 1.54) is 19.4 Å². The summed E-state index contributed by atoms with van der Waals surface area (Å²) in [7, 11) is 0. The molecule has 0 aromatic rings. The van der Waals surface area contributed by atoms with E-state index >= 15 is 0 Å². The number of ether oxygens (including phenoxy) is 1. The minimum absolute atomic E-state index is 0.101. The Hall–Kier alpha value is -0.120. The molecular formula is C14H27NO2. The van der Waals surface area contributed by atoms with E-state index in [1.807, 2.05) is 0 Å². The Balaban J connectivity index is 1.96. The van der Waals surface area contributed by atoms with Crippen LogP contribution in [0.1, 0.15) is 39.5 Å². The van der Waals surface area contributed by atoms with Crippen molar-refractivity contribution in [1.29, 1.82) is 0 Å². The van der Waals surface area contributed by atoms with Crippen LogP contribution in [0.15, 0.2) is 0 Å². The Bertz CT molecular complexity index is 238. The lowest BCUT2D eigenvalue weighted by atomic mass is 9.79. The highest BCUT2D eigenvalue weighted by molar-refractivity contribution is 4.88. The van der Waals surface area contributed by atoms with Crippen LogP contribution < -0.4 is 0 Å². The minimum Gasteiger partial charge on any atom is -0.396 e. The molecule has 0 spiro atoms. The molecular weight excluding hydrogens is 214 g/mol. The second-order valence-corrected chi connectivity index (χ2v) is 6.23. The van der Waals surface area contributed by atoms with Gasteiger partial charge in [-0.15, -0.1) is 0 Å². The number of piperidine rings is 1. The molecule has 2 rings (SSSR count). The molecule has 1 N–H and O–H groups in total. The van der Waals surface area contributed by atoms with Crippen LogP contribution in [0.25, 0.3) is 0 Å². The molecule has 0 saturated carbocycles. The van der Waals surface area contributed by atoms with Crippen LogP contribution in [0.3, 0.4) is 0 Å². The lowest BCUT2D eigenvalue weighted by Gasteiger charge is -2.44. The zero-order valence-corrected chi connectivity index (χ0v) is 11.3. The molecule has 17 heavy (non-hydrogen) atoms. The van der Waals surface area contributed by atoms with Gasteiger partial charge in [-0.05, 0) is 38.5 Å². The molecule has 2 atom stereocenters. The van der Waals surface area contributed by atoms with Gasteiger partial charge in [0.25, 0.3) is 0 Å². The van der Waals surface area contributed by atoms with Crippen molar-refractivity contribution in [2.24, 2.45) is 11.3 Å². The number of hydrogen-bond acceptors (Lipinski definition) is 3. The van der Waals surface area contributed by atoms with Crippen molar-refractivity contribution in [3.63, 3.8) is 0 Å². The van der Waals surface area contributed by atoms with Crippen LogP contribution >= 0.6 is 0 Å². The Morgan fingerprint density at radius 1 is 1.24 bits per heavy atom. The number of nitrogens with zero attached hydrogens (tertiary/aromatic N) is 1. The highest BCUT2D eigenvalue weighted by Crippen LogP contribution is 2.33. The molecule has 0 amide bonds. The van der Waals surface area contributed by atoms with Crippen molar-refractivity contribution >= 4 is 0 Å². The molecule has 3 nitrogen and oxygen atoms in total. The van der Waals surface area contributed by atoms with E-state index < -0.39 is 0 Å². The van der Waals surface area contributed by atoms with Crippen LogP contribution in [0.5, 0.6) is 0 Å². The first-order valence-electron chi connectivity index (χ1n) is 7.08. The first-order valence-corrected chi connectivity index (χ1v) is 7.08. The predicted octanol–water partition coefficient (Wildman–Crippen LogP) is 1.90. The standard InChI is InChI=1S/C14H27NO2/c1-12-3-4-13(2)15(9-12)10-14(11-16)5-7-17-8-6-14/h12-13,16H,3-11H2,1-2H3. The maximum atomic E-state index is 9.74. The highest BCUT2D eigenvalue weighted by atomic mass is 16.5. The van der Waals surface area contributed by atoms with E-state index in [2.05, 4.69) is 18.7 Å².